The lowest BCUT2D eigenvalue weighted by molar-refractivity contribution is 0.0841. The standard InChI is InChI=1S/C16H14ClNO2S2/c1-20-11(13-6-7-15(17)22-13)9-18-16(19)14-8-10-4-2-3-5-12(10)21-14/h2-8,11H,9H2,1H3,(H,18,19). The highest BCUT2D eigenvalue weighted by molar-refractivity contribution is 7.20. The van der Waals surface area contributed by atoms with E-state index in [4.69, 9.17) is 16.3 Å². The number of nitrogens with one attached hydrogen (secondary N) is 1. The average Bonchev–Trinajstić information content (AvgIpc) is 3.14. The van der Waals surface area contributed by atoms with Crippen LogP contribution in [0.4, 0.5) is 0 Å². The van der Waals surface area contributed by atoms with E-state index in [2.05, 4.69) is 5.32 Å². The van der Waals surface area contributed by atoms with E-state index >= 15 is 0 Å². The molecule has 3 nitrogen and oxygen atoms in total. The molecule has 22 heavy (non-hydrogen) atoms. The molecule has 3 rings (SSSR count). The molecule has 2 aromatic heterocycles. The molecule has 0 saturated heterocycles. The summed E-state index contributed by atoms with van der Waals surface area (Å²) in [4.78, 5) is 14.0. The van der Waals surface area contributed by atoms with Crippen LogP contribution in [0, 0.1) is 0 Å². The van der Waals surface area contributed by atoms with Gasteiger partial charge in [0.15, 0.2) is 0 Å². The number of hydrogen-bond donors (Lipinski definition) is 1. The molecule has 1 aromatic carbocycles. The van der Waals surface area contributed by atoms with Crippen LogP contribution in [0.5, 0.6) is 0 Å². The fraction of sp³-hybridized carbons (Fsp3) is 0.188. The van der Waals surface area contributed by atoms with Crippen LogP contribution in [0.2, 0.25) is 4.34 Å². The Kier molecular flexibility index (Phi) is 4.78. The van der Waals surface area contributed by atoms with Crippen LogP contribution in [0.25, 0.3) is 10.1 Å². The molecule has 0 saturated carbocycles. The third-order valence-corrected chi connectivity index (χ3v) is 5.73. The Hall–Kier alpha value is -1.40. The predicted octanol–water partition coefficient (Wildman–Crippen LogP) is 4.73. The lowest BCUT2D eigenvalue weighted by Gasteiger charge is -2.14. The largest absolute Gasteiger partial charge is 0.374 e. The van der Waals surface area contributed by atoms with Crippen molar-refractivity contribution < 1.29 is 9.53 Å². The van der Waals surface area contributed by atoms with Crippen molar-refractivity contribution in [2.24, 2.45) is 0 Å². The number of methoxy groups -OCH3 is 1. The molecule has 0 radical (unpaired) electrons. The number of fused-ring (bicyclic) bond motifs is 1. The minimum Gasteiger partial charge on any atom is -0.374 e. The highest BCUT2D eigenvalue weighted by atomic mass is 35.5. The molecule has 1 amide bonds. The summed E-state index contributed by atoms with van der Waals surface area (Å²) in [6.45, 7) is 0.417. The molecule has 0 aliphatic heterocycles. The van der Waals surface area contributed by atoms with Crippen LogP contribution in [0.1, 0.15) is 20.7 Å². The van der Waals surface area contributed by atoms with Gasteiger partial charge in [0.1, 0.15) is 6.10 Å². The molecule has 1 N–H and O–H groups in total. The van der Waals surface area contributed by atoms with E-state index in [9.17, 15) is 4.79 Å². The predicted molar refractivity (Wildman–Crippen MR) is 93.2 cm³/mol. The van der Waals surface area contributed by atoms with E-state index in [1.54, 1.807) is 7.11 Å². The number of benzene rings is 1. The van der Waals surface area contributed by atoms with Crippen LogP contribution in [0.15, 0.2) is 42.5 Å². The smallest absolute Gasteiger partial charge is 0.261 e. The van der Waals surface area contributed by atoms with Gasteiger partial charge in [0.2, 0.25) is 0 Å². The Bertz CT molecular complexity index is 763. The Morgan fingerprint density at radius 3 is 2.77 bits per heavy atom. The second-order valence-corrected chi connectivity index (χ2v) is 7.56. The van der Waals surface area contributed by atoms with Gasteiger partial charge in [0.05, 0.1) is 9.21 Å². The number of carbonyl (C=O) groups excluding carboxylic acids is 1. The average molecular weight is 352 g/mol. The third kappa shape index (κ3) is 3.33. The molecule has 114 valence electrons. The van der Waals surface area contributed by atoms with Gasteiger partial charge in [-0.15, -0.1) is 22.7 Å². The van der Waals surface area contributed by atoms with Gasteiger partial charge in [0, 0.05) is 23.2 Å². The summed E-state index contributed by atoms with van der Waals surface area (Å²) in [5.41, 5.74) is 0. The SMILES string of the molecule is COC(CNC(=O)c1cc2ccccc2s1)c1ccc(Cl)s1. The molecular formula is C16H14ClNO2S2. The number of halogens is 1. The first-order valence-electron chi connectivity index (χ1n) is 6.72. The Labute approximate surface area is 141 Å². The highest BCUT2D eigenvalue weighted by Crippen LogP contribution is 2.29. The van der Waals surface area contributed by atoms with Gasteiger partial charge in [-0.3, -0.25) is 4.79 Å². The van der Waals surface area contributed by atoms with Gasteiger partial charge in [-0.2, -0.15) is 0 Å². The van der Waals surface area contributed by atoms with Crippen molar-refractivity contribution in [3.05, 3.63) is 56.6 Å². The second kappa shape index (κ2) is 6.79. The van der Waals surface area contributed by atoms with Crippen LogP contribution < -0.4 is 5.32 Å². The normalized spacial score (nSPS) is 12.5. The summed E-state index contributed by atoms with van der Waals surface area (Å²) < 4.78 is 7.26. The first kappa shape index (κ1) is 15.5. The highest BCUT2D eigenvalue weighted by Gasteiger charge is 2.16. The number of rotatable bonds is 5. The van der Waals surface area contributed by atoms with Crippen molar-refractivity contribution in [1.82, 2.24) is 5.32 Å². The molecule has 0 spiro atoms. The molecule has 1 atom stereocenters. The molecule has 6 heteroatoms. The van der Waals surface area contributed by atoms with Gasteiger partial charge >= 0.3 is 0 Å². The van der Waals surface area contributed by atoms with Crippen LogP contribution in [-0.4, -0.2) is 19.6 Å². The summed E-state index contributed by atoms with van der Waals surface area (Å²) in [5.74, 6) is -0.0779. The van der Waals surface area contributed by atoms with Crippen molar-refractivity contribution in [3.8, 4) is 0 Å². The number of hydrogen-bond acceptors (Lipinski definition) is 4. The molecule has 0 fully saturated rings. The molecule has 2 heterocycles. The van der Waals surface area contributed by atoms with E-state index in [-0.39, 0.29) is 12.0 Å². The zero-order valence-electron chi connectivity index (χ0n) is 11.8. The summed E-state index contributed by atoms with van der Waals surface area (Å²) in [7, 11) is 1.63. The van der Waals surface area contributed by atoms with Crippen molar-refractivity contribution in [3.63, 3.8) is 0 Å². The first-order chi connectivity index (χ1) is 10.7. The molecular weight excluding hydrogens is 338 g/mol. The van der Waals surface area contributed by atoms with Gasteiger partial charge in [-0.1, -0.05) is 29.8 Å². The number of thiophene rings is 2. The van der Waals surface area contributed by atoms with E-state index in [1.165, 1.54) is 22.7 Å². The Morgan fingerprint density at radius 2 is 2.09 bits per heavy atom. The maximum Gasteiger partial charge on any atom is 0.261 e. The van der Waals surface area contributed by atoms with Crippen LogP contribution >= 0.6 is 34.3 Å². The Balaban J connectivity index is 1.68. The van der Waals surface area contributed by atoms with Crippen molar-refractivity contribution in [1.29, 1.82) is 0 Å². The second-order valence-electron chi connectivity index (χ2n) is 4.72. The van der Waals surface area contributed by atoms with Crippen LogP contribution in [0.3, 0.4) is 0 Å². The van der Waals surface area contributed by atoms with Gasteiger partial charge in [-0.05, 0) is 29.7 Å². The van der Waals surface area contributed by atoms with Crippen molar-refractivity contribution in [2.75, 3.05) is 13.7 Å². The lowest BCUT2D eigenvalue weighted by atomic mass is 10.2. The number of carbonyl (C=O) groups is 1. The summed E-state index contributed by atoms with van der Waals surface area (Å²) in [6, 6.07) is 13.6. The van der Waals surface area contributed by atoms with E-state index < -0.39 is 0 Å². The van der Waals surface area contributed by atoms with Crippen LogP contribution in [-0.2, 0) is 4.74 Å². The zero-order valence-corrected chi connectivity index (χ0v) is 14.2. The number of amides is 1. The summed E-state index contributed by atoms with van der Waals surface area (Å²) in [6.07, 6.45) is -0.184. The Morgan fingerprint density at radius 1 is 1.27 bits per heavy atom. The van der Waals surface area contributed by atoms with Crippen molar-refractivity contribution >= 4 is 50.3 Å². The molecule has 0 aliphatic carbocycles. The molecule has 3 aromatic rings. The first-order valence-corrected chi connectivity index (χ1v) is 8.73. The van der Waals surface area contributed by atoms with Crippen molar-refractivity contribution in [2.45, 2.75) is 6.10 Å². The number of ether oxygens (including phenoxy) is 1. The van der Waals surface area contributed by atoms with Gasteiger partial charge in [-0.25, -0.2) is 0 Å². The lowest BCUT2D eigenvalue weighted by Crippen LogP contribution is -2.28. The monoisotopic (exact) mass is 351 g/mol. The molecule has 0 bridgehead atoms. The maximum atomic E-state index is 12.3. The third-order valence-electron chi connectivity index (χ3n) is 3.29. The fourth-order valence-corrected chi connectivity index (χ4v) is 4.29. The zero-order chi connectivity index (χ0) is 15.5. The van der Waals surface area contributed by atoms with E-state index in [1.807, 2.05) is 42.5 Å². The topological polar surface area (TPSA) is 38.3 Å². The van der Waals surface area contributed by atoms with E-state index in [0.717, 1.165) is 15.0 Å². The van der Waals surface area contributed by atoms with E-state index in [0.29, 0.717) is 15.8 Å². The molecule has 0 aliphatic rings. The fourth-order valence-electron chi connectivity index (χ4n) is 2.17. The summed E-state index contributed by atoms with van der Waals surface area (Å²) in [5, 5.41) is 4.02. The maximum absolute atomic E-state index is 12.3. The minimum atomic E-state index is -0.184. The summed E-state index contributed by atoms with van der Waals surface area (Å²) >= 11 is 8.90. The quantitative estimate of drug-likeness (QED) is 0.721. The molecule has 1 unspecified atom stereocenters. The minimum absolute atomic E-state index is 0.0779. The van der Waals surface area contributed by atoms with Gasteiger partial charge < -0.3 is 10.1 Å². The van der Waals surface area contributed by atoms with Gasteiger partial charge in [0.25, 0.3) is 5.91 Å².